The fraction of sp³-hybridized carbons (Fsp3) is 0.381. The molecule has 0 bridgehead atoms. The number of hydrogen-bond donors (Lipinski definition) is 1. The second-order valence-corrected chi connectivity index (χ2v) is 9.86. The zero-order valence-corrected chi connectivity index (χ0v) is 18.8. The summed E-state index contributed by atoms with van der Waals surface area (Å²) >= 11 is 5.97. The average Bonchev–Trinajstić information content (AvgIpc) is 3.03. The first kappa shape index (κ1) is 21.8. The van der Waals surface area contributed by atoms with Gasteiger partial charge in [-0.05, 0) is 49.2 Å². The smallest absolute Gasteiger partial charge is 0.242 e. The first-order chi connectivity index (χ1) is 13.7. The number of hydrogen-bond acceptors (Lipinski definition) is 4. The van der Waals surface area contributed by atoms with Crippen LogP contribution < -0.4 is 5.32 Å². The maximum atomic E-state index is 12.5. The molecule has 8 heteroatoms. The fourth-order valence-electron chi connectivity index (χ4n) is 3.25. The van der Waals surface area contributed by atoms with Gasteiger partial charge in [-0.3, -0.25) is 0 Å². The monoisotopic (exact) mass is 434 g/mol. The molecule has 2 aromatic carbocycles. The molecule has 0 unspecified atom stereocenters. The third-order valence-corrected chi connectivity index (χ3v) is 7.02. The van der Waals surface area contributed by atoms with Crippen molar-refractivity contribution in [3.8, 4) is 0 Å². The Morgan fingerprint density at radius 3 is 2.48 bits per heavy atom. The topological polar surface area (TPSA) is 67.2 Å². The highest BCUT2D eigenvalue weighted by molar-refractivity contribution is 7.89. The van der Waals surface area contributed by atoms with Gasteiger partial charge in [0.15, 0.2) is 0 Å². The van der Waals surface area contributed by atoms with Crippen molar-refractivity contribution in [2.45, 2.75) is 44.3 Å². The molecule has 0 amide bonds. The van der Waals surface area contributed by atoms with Crippen LogP contribution in [0.1, 0.15) is 37.7 Å². The number of aromatic nitrogens is 2. The number of fused-ring (bicyclic) bond motifs is 1. The van der Waals surface area contributed by atoms with Gasteiger partial charge in [-0.2, -0.15) is 0 Å². The van der Waals surface area contributed by atoms with Gasteiger partial charge in [-0.1, -0.05) is 30.7 Å². The van der Waals surface area contributed by atoms with Crippen molar-refractivity contribution in [1.82, 2.24) is 19.2 Å². The molecule has 6 nitrogen and oxygen atoms in total. The highest BCUT2D eigenvalue weighted by Gasteiger charge is 2.20. The summed E-state index contributed by atoms with van der Waals surface area (Å²) < 4.78 is 28.3. The Bertz CT molecular complexity index is 1090. The minimum atomic E-state index is -3.49. The quantitative estimate of drug-likeness (QED) is 0.577. The van der Waals surface area contributed by atoms with E-state index in [1.54, 1.807) is 12.1 Å². The zero-order chi connectivity index (χ0) is 21.2. The normalized spacial score (nSPS) is 13.3. The van der Waals surface area contributed by atoms with Crippen LogP contribution in [0, 0.1) is 0 Å². The van der Waals surface area contributed by atoms with Gasteiger partial charge in [-0.15, -0.1) is 0 Å². The minimum absolute atomic E-state index is 0.131. The lowest BCUT2D eigenvalue weighted by molar-refractivity contribution is 0.521. The molecule has 0 saturated carbocycles. The van der Waals surface area contributed by atoms with Crippen LogP contribution in [0.5, 0.6) is 0 Å². The summed E-state index contributed by atoms with van der Waals surface area (Å²) in [5, 5.41) is 4.22. The van der Waals surface area contributed by atoms with E-state index in [9.17, 15) is 8.42 Å². The molecule has 1 atom stereocenters. The lowest BCUT2D eigenvalue weighted by atomic mass is 10.1. The molecule has 1 N–H and O–H groups in total. The molecule has 0 aliphatic rings. The number of nitrogens with zero attached hydrogens (tertiary/aromatic N) is 3. The average molecular weight is 435 g/mol. The minimum Gasteiger partial charge on any atom is -0.327 e. The van der Waals surface area contributed by atoms with Crippen LogP contribution in [-0.2, 0) is 23.1 Å². The highest BCUT2D eigenvalue weighted by atomic mass is 35.5. The van der Waals surface area contributed by atoms with Crippen LogP contribution in [0.15, 0.2) is 47.4 Å². The summed E-state index contributed by atoms with van der Waals surface area (Å²) in [5.74, 6) is 0.891. The first-order valence-electron chi connectivity index (χ1n) is 9.64. The van der Waals surface area contributed by atoms with Crippen LogP contribution in [0.2, 0.25) is 5.02 Å². The van der Waals surface area contributed by atoms with Gasteiger partial charge in [0.25, 0.3) is 0 Å². The van der Waals surface area contributed by atoms with Gasteiger partial charge in [0.05, 0.1) is 22.5 Å². The molecular weight excluding hydrogens is 408 g/mol. The Balaban J connectivity index is 1.90. The second kappa shape index (κ2) is 8.83. The van der Waals surface area contributed by atoms with E-state index in [2.05, 4.69) is 23.7 Å². The van der Waals surface area contributed by atoms with E-state index < -0.39 is 10.0 Å². The van der Waals surface area contributed by atoms with E-state index in [0.717, 1.165) is 29.9 Å². The lowest BCUT2D eigenvalue weighted by Gasteiger charge is -2.15. The molecule has 3 rings (SSSR count). The molecule has 0 aliphatic heterocycles. The van der Waals surface area contributed by atoms with E-state index in [1.165, 1.54) is 18.4 Å². The highest BCUT2D eigenvalue weighted by Crippen LogP contribution is 2.23. The second-order valence-electron chi connectivity index (χ2n) is 7.27. The van der Waals surface area contributed by atoms with Crippen LogP contribution >= 0.6 is 11.6 Å². The number of aryl methyl sites for hydroxylation is 1. The van der Waals surface area contributed by atoms with E-state index in [4.69, 9.17) is 16.6 Å². The van der Waals surface area contributed by atoms with Gasteiger partial charge >= 0.3 is 0 Å². The molecule has 1 heterocycles. The van der Waals surface area contributed by atoms with Crippen molar-refractivity contribution in [2.24, 2.45) is 0 Å². The third kappa shape index (κ3) is 4.64. The molecule has 0 saturated heterocycles. The van der Waals surface area contributed by atoms with E-state index in [0.29, 0.717) is 17.1 Å². The summed E-state index contributed by atoms with van der Waals surface area (Å²) in [6.07, 6.45) is 0.961. The Labute approximate surface area is 177 Å². The number of halogens is 1. The van der Waals surface area contributed by atoms with Crippen molar-refractivity contribution < 1.29 is 8.42 Å². The zero-order valence-electron chi connectivity index (χ0n) is 17.2. The van der Waals surface area contributed by atoms with Gasteiger partial charge in [0.2, 0.25) is 10.0 Å². The summed E-state index contributed by atoms with van der Waals surface area (Å²) in [4.78, 5) is 5.00. The van der Waals surface area contributed by atoms with E-state index in [-0.39, 0.29) is 10.9 Å². The Hall–Kier alpha value is -1.93. The number of rotatable bonds is 8. The number of imidazole rings is 1. The summed E-state index contributed by atoms with van der Waals surface area (Å²) in [6.45, 7) is 5.61. The fourth-order valence-corrected chi connectivity index (χ4v) is 4.30. The largest absolute Gasteiger partial charge is 0.327 e. The van der Waals surface area contributed by atoms with Crippen molar-refractivity contribution in [2.75, 3.05) is 14.1 Å². The standard InChI is InChI=1S/C21H27ClN4O2S/c1-5-12-26-20-11-10-18(29(27,28)25(3)4)13-19(20)24-21(26)14-23-15(2)16-6-8-17(22)9-7-16/h6-11,13,15,23H,5,12,14H2,1-4H3/t15-/m0/s1. The Morgan fingerprint density at radius 1 is 1.17 bits per heavy atom. The predicted molar refractivity (Wildman–Crippen MR) is 118 cm³/mol. The maximum Gasteiger partial charge on any atom is 0.242 e. The van der Waals surface area contributed by atoms with Crippen LogP contribution in [0.3, 0.4) is 0 Å². The predicted octanol–water partition coefficient (Wildman–Crippen LogP) is 4.20. The molecule has 1 aromatic heterocycles. The van der Waals surface area contributed by atoms with Gasteiger partial charge < -0.3 is 9.88 Å². The van der Waals surface area contributed by atoms with Crippen molar-refractivity contribution in [3.05, 3.63) is 58.9 Å². The molecule has 3 aromatic rings. The summed E-state index contributed by atoms with van der Waals surface area (Å²) in [6, 6.07) is 13.1. The molecule has 0 radical (unpaired) electrons. The third-order valence-electron chi connectivity index (χ3n) is 4.96. The van der Waals surface area contributed by atoms with E-state index in [1.807, 2.05) is 30.3 Å². The Morgan fingerprint density at radius 2 is 1.86 bits per heavy atom. The lowest BCUT2D eigenvalue weighted by Crippen LogP contribution is -2.22. The molecule has 156 valence electrons. The molecule has 0 fully saturated rings. The summed E-state index contributed by atoms with van der Waals surface area (Å²) in [7, 11) is -0.431. The van der Waals surface area contributed by atoms with Crippen molar-refractivity contribution in [3.63, 3.8) is 0 Å². The first-order valence-corrected chi connectivity index (χ1v) is 11.5. The van der Waals surface area contributed by atoms with Gasteiger partial charge in [0, 0.05) is 31.7 Å². The van der Waals surface area contributed by atoms with Crippen molar-refractivity contribution in [1.29, 1.82) is 0 Å². The maximum absolute atomic E-state index is 12.5. The van der Waals surface area contributed by atoms with Crippen LogP contribution in [-0.4, -0.2) is 36.4 Å². The number of nitrogens with one attached hydrogen (secondary N) is 1. The number of sulfonamides is 1. The van der Waals surface area contributed by atoms with Gasteiger partial charge in [-0.25, -0.2) is 17.7 Å². The summed E-state index contributed by atoms with van der Waals surface area (Å²) in [5.41, 5.74) is 2.78. The molecule has 0 aliphatic carbocycles. The molecule has 29 heavy (non-hydrogen) atoms. The van der Waals surface area contributed by atoms with E-state index >= 15 is 0 Å². The number of benzene rings is 2. The molecular formula is C21H27ClN4O2S. The Kier molecular flexibility index (Phi) is 6.63. The molecule has 0 spiro atoms. The van der Waals surface area contributed by atoms with Crippen LogP contribution in [0.4, 0.5) is 0 Å². The van der Waals surface area contributed by atoms with Crippen molar-refractivity contribution >= 4 is 32.7 Å². The van der Waals surface area contributed by atoms with Gasteiger partial charge in [0.1, 0.15) is 5.82 Å². The SMILES string of the molecule is CCCn1c(CN[C@@H](C)c2ccc(Cl)cc2)nc2cc(S(=O)(=O)N(C)C)ccc21. The van der Waals surface area contributed by atoms with Crippen LogP contribution in [0.25, 0.3) is 11.0 Å².